The highest BCUT2D eigenvalue weighted by atomic mass is 35.5. The minimum Gasteiger partial charge on any atom is -0.300 e. The highest BCUT2D eigenvalue weighted by Crippen LogP contribution is 2.11. The first-order valence-electron chi connectivity index (χ1n) is 10.0. The maximum absolute atomic E-state index is 11.3. The van der Waals surface area contributed by atoms with E-state index in [1.807, 2.05) is 0 Å². The third kappa shape index (κ3) is 19.7. The number of hydrogen-bond acceptors (Lipinski definition) is 1. The second kappa shape index (κ2) is 19.7. The van der Waals surface area contributed by atoms with Crippen LogP contribution in [0.4, 0.5) is 0 Å². The predicted molar refractivity (Wildman–Crippen MR) is 104 cm³/mol. The Labute approximate surface area is 150 Å². The van der Waals surface area contributed by atoms with Gasteiger partial charge in [0.05, 0.1) is 0 Å². The molecule has 2 heteroatoms. The van der Waals surface area contributed by atoms with Crippen LogP contribution in [-0.4, -0.2) is 11.7 Å². The van der Waals surface area contributed by atoms with Crippen molar-refractivity contribution in [2.75, 3.05) is 5.88 Å². The molecule has 0 aliphatic rings. The Morgan fingerprint density at radius 3 is 1.70 bits per heavy atom. The summed E-state index contributed by atoms with van der Waals surface area (Å²) in [4.78, 5) is 11.3. The molecule has 0 aliphatic heterocycles. The summed E-state index contributed by atoms with van der Waals surface area (Å²) in [6.45, 7) is 2.27. The molecule has 0 fully saturated rings. The zero-order chi connectivity index (χ0) is 17.0. The number of hydrogen-bond donors (Lipinski definition) is 0. The first-order valence-corrected chi connectivity index (χ1v) is 10.6. The Balaban J connectivity index is 3.12. The first-order chi connectivity index (χ1) is 11.3. The number of alkyl halides is 1. The molecule has 136 valence electrons. The van der Waals surface area contributed by atoms with Gasteiger partial charge in [-0.05, 0) is 32.1 Å². The van der Waals surface area contributed by atoms with Crippen molar-refractivity contribution in [2.45, 2.75) is 110 Å². The average Bonchev–Trinajstić information content (AvgIpc) is 2.54. The van der Waals surface area contributed by atoms with Gasteiger partial charge in [-0.15, -0.1) is 11.6 Å². The van der Waals surface area contributed by atoms with Crippen LogP contribution in [0.25, 0.3) is 0 Å². The highest BCUT2D eigenvalue weighted by Gasteiger charge is 2.00. The van der Waals surface area contributed by atoms with Crippen molar-refractivity contribution >= 4 is 17.4 Å². The van der Waals surface area contributed by atoms with Gasteiger partial charge in [0.2, 0.25) is 0 Å². The fraction of sp³-hybridized carbons (Fsp3) is 0.857. The van der Waals surface area contributed by atoms with Crippen LogP contribution >= 0.6 is 11.6 Å². The van der Waals surface area contributed by atoms with Crippen LogP contribution in [-0.2, 0) is 4.79 Å². The van der Waals surface area contributed by atoms with Gasteiger partial charge in [0.1, 0.15) is 5.78 Å². The largest absolute Gasteiger partial charge is 0.300 e. The number of rotatable bonds is 18. The Morgan fingerprint density at radius 1 is 0.696 bits per heavy atom. The highest BCUT2D eigenvalue weighted by molar-refractivity contribution is 6.19. The lowest BCUT2D eigenvalue weighted by atomic mass is 10.1. The molecule has 0 aliphatic carbocycles. The molecule has 1 nitrogen and oxygen atoms in total. The van der Waals surface area contributed by atoms with E-state index in [9.17, 15) is 4.79 Å². The van der Waals surface area contributed by atoms with Crippen LogP contribution < -0.4 is 0 Å². The van der Waals surface area contributed by atoms with E-state index >= 15 is 0 Å². The van der Waals surface area contributed by atoms with Crippen molar-refractivity contribution in [1.29, 1.82) is 0 Å². The Kier molecular flexibility index (Phi) is 19.5. The van der Waals surface area contributed by atoms with Crippen molar-refractivity contribution in [2.24, 2.45) is 0 Å². The van der Waals surface area contributed by atoms with Crippen molar-refractivity contribution in [3.8, 4) is 0 Å². The second-order valence-corrected chi connectivity index (χ2v) is 7.04. The van der Waals surface area contributed by atoms with Gasteiger partial charge in [-0.1, -0.05) is 76.9 Å². The number of Topliss-reactive ketones (excluding diaryl/α,β-unsaturated/α-hetero) is 1. The molecule has 0 aromatic carbocycles. The molecular weight excluding hydrogens is 304 g/mol. The normalized spacial score (nSPS) is 11.4. The molecule has 0 aromatic rings. The molecule has 0 heterocycles. The lowest BCUT2D eigenvalue weighted by molar-refractivity contribution is -0.118. The fourth-order valence-corrected chi connectivity index (χ4v) is 3.01. The lowest BCUT2D eigenvalue weighted by Crippen LogP contribution is -1.97. The Morgan fingerprint density at radius 2 is 1.17 bits per heavy atom. The van der Waals surface area contributed by atoms with Crippen LogP contribution in [0.1, 0.15) is 110 Å². The number of carbonyl (C=O) groups is 1. The van der Waals surface area contributed by atoms with Gasteiger partial charge in [0.15, 0.2) is 0 Å². The van der Waals surface area contributed by atoms with Crippen molar-refractivity contribution in [1.82, 2.24) is 0 Å². The van der Waals surface area contributed by atoms with Gasteiger partial charge in [-0.2, -0.15) is 0 Å². The standard InChI is InChI=1S/C21H39ClO/c1-2-3-4-5-6-7-8-9-10-11-12-13-14-15-16-17-18-21(23)19-20-22/h9-10H,2-8,11-20H2,1H3/b10-9-. The average molecular weight is 343 g/mol. The van der Waals surface area contributed by atoms with E-state index in [0.29, 0.717) is 18.1 Å². The summed E-state index contributed by atoms with van der Waals surface area (Å²) in [5.74, 6) is 0.807. The van der Waals surface area contributed by atoms with Crippen LogP contribution in [0.2, 0.25) is 0 Å². The van der Waals surface area contributed by atoms with Gasteiger partial charge in [-0.3, -0.25) is 4.79 Å². The second-order valence-electron chi connectivity index (χ2n) is 6.67. The molecule has 0 rings (SSSR count). The molecule has 0 N–H and O–H groups in total. The van der Waals surface area contributed by atoms with E-state index in [1.54, 1.807) is 0 Å². The van der Waals surface area contributed by atoms with E-state index in [1.165, 1.54) is 83.5 Å². The van der Waals surface area contributed by atoms with E-state index in [-0.39, 0.29) is 0 Å². The number of carbonyl (C=O) groups excluding carboxylic acids is 1. The monoisotopic (exact) mass is 342 g/mol. The maximum Gasteiger partial charge on any atom is 0.134 e. The van der Waals surface area contributed by atoms with Gasteiger partial charge in [-0.25, -0.2) is 0 Å². The summed E-state index contributed by atoms with van der Waals surface area (Å²) >= 11 is 5.55. The molecule has 0 spiro atoms. The number of unbranched alkanes of at least 4 members (excludes halogenated alkanes) is 12. The summed E-state index contributed by atoms with van der Waals surface area (Å²) in [5.41, 5.74) is 0. The number of allylic oxidation sites excluding steroid dienone is 2. The zero-order valence-corrected chi connectivity index (χ0v) is 16.2. The zero-order valence-electron chi connectivity index (χ0n) is 15.5. The summed E-state index contributed by atoms with van der Waals surface area (Å²) in [5, 5.41) is 0. The number of halogens is 1. The molecule has 0 unspecified atom stereocenters. The third-order valence-electron chi connectivity index (χ3n) is 4.34. The summed E-state index contributed by atoms with van der Waals surface area (Å²) in [6.07, 6.45) is 24.4. The van der Waals surface area contributed by atoms with E-state index < -0.39 is 0 Å². The molecule has 0 saturated carbocycles. The van der Waals surface area contributed by atoms with Gasteiger partial charge < -0.3 is 0 Å². The lowest BCUT2D eigenvalue weighted by Gasteiger charge is -2.01. The van der Waals surface area contributed by atoms with Crippen molar-refractivity contribution < 1.29 is 4.79 Å². The minimum absolute atomic E-state index is 0.329. The summed E-state index contributed by atoms with van der Waals surface area (Å²) in [7, 11) is 0. The molecule has 0 atom stereocenters. The smallest absolute Gasteiger partial charge is 0.134 e. The van der Waals surface area contributed by atoms with Gasteiger partial charge in [0, 0.05) is 18.7 Å². The van der Waals surface area contributed by atoms with Crippen LogP contribution in [0.15, 0.2) is 12.2 Å². The maximum atomic E-state index is 11.3. The molecular formula is C21H39ClO. The summed E-state index contributed by atoms with van der Waals surface area (Å²) in [6, 6.07) is 0. The van der Waals surface area contributed by atoms with E-state index in [0.717, 1.165) is 12.8 Å². The summed E-state index contributed by atoms with van der Waals surface area (Å²) < 4.78 is 0. The molecule has 0 amide bonds. The van der Waals surface area contributed by atoms with E-state index in [2.05, 4.69) is 19.1 Å². The molecule has 0 bridgehead atoms. The minimum atomic E-state index is 0.329. The SMILES string of the molecule is CCCCCCCC/C=C\CCCCCCCCC(=O)CCCl. The quantitative estimate of drug-likeness (QED) is 0.142. The van der Waals surface area contributed by atoms with Gasteiger partial charge >= 0.3 is 0 Å². The van der Waals surface area contributed by atoms with Crippen LogP contribution in [0, 0.1) is 0 Å². The van der Waals surface area contributed by atoms with Crippen molar-refractivity contribution in [3.63, 3.8) is 0 Å². The van der Waals surface area contributed by atoms with Gasteiger partial charge in [0.25, 0.3) is 0 Å². The first kappa shape index (κ1) is 22.7. The van der Waals surface area contributed by atoms with Crippen LogP contribution in [0.5, 0.6) is 0 Å². The molecule has 0 aromatic heterocycles. The molecule has 0 radical (unpaired) electrons. The Bertz CT molecular complexity index is 273. The molecule has 23 heavy (non-hydrogen) atoms. The van der Waals surface area contributed by atoms with E-state index in [4.69, 9.17) is 11.6 Å². The number of ketones is 1. The fourth-order valence-electron chi connectivity index (χ4n) is 2.80. The molecule has 0 saturated heterocycles. The predicted octanol–water partition coefficient (Wildman–Crippen LogP) is 7.61. The van der Waals surface area contributed by atoms with Crippen molar-refractivity contribution in [3.05, 3.63) is 12.2 Å². The Hall–Kier alpha value is -0.300. The topological polar surface area (TPSA) is 17.1 Å². The third-order valence-corrected chi connectivity index (χ3v) is 4.53. The van der Waals surface area contributed by atoms with Crippen LogP contribution in [0.3, 0.4) is 0 Å².